The average molecular weight is 390 g/mol. The summed E-state index contributed by atoms with van der Waals surface area (Å²) in [5, 5.41) is 0.668. The number of benzene rings is 2. The van der Waals surface area contributed by atoms with Gasteiger partial charge in [-0.1, -0.05) is 17.7 Å². The summed E-state index contributed by atoms with van der Waals surface area (Å²) >= 11 is 8.24. The van der Waals surface area contributed by atoms with Gasteiger partial charge in [-0.25, -0.2) is 4.39 Å². The molecule has 19 heavy (non-hydrogen) atoms. The number of aryl methyl sites for hydroxylation is 1. The Morgan fingerprint density at radius 3 is 2.74 bits per heavy atom. The molecule has 0 aliphatic rings. The zero-order chi connectivity index (χ0) is 14.0. The average Bonchev–Trinajstić information content (AvgIpc) is 2.36. The van der Waals surface area contributed by atoms with Gasteiger partial charge in [0.25, 0.3) is 0 Å². The lowest BCUT2D eigenvalue weighted by molar-refractivity contribution is 0.620. The number of hydrogen-bond acceptors (Lipinski definition) is 1. The molecule has 2 aromatic rings. The summed E-state index contributed by atoms with van der Waals surface area (Å²) < 4.78 is 14.4. The number of halogens is 3. The molecular formula is C15H14ClFIN. The minimum atomic E-state index is -0.228. The maximum absolute atomic E-state index is 13.3. The van der Waals surface area contributed by atoms with Crippen molar-refractivity contribution in [3.05, 3.63) is 67.5 Å². The molecule has 1 unspecified atom stereocenters. The molecule has 0 amide bonds. The van der Waals surface area contributed by atoms with Crippen LogP contribution in [0.4, 0.5) is 4.39 Å². The highest BCUT2D eigenvalue weighted by Gasteiger charge is 2.13. The van der Waals surface area contributed by atoms with Crippen LogP contribution in [0.5, 0.6) is 0 Å². The Hall–Kier alpha value is -0.650. The van der Waals surface area contributed by atoms with Crippen LogP contribution in [0, 0.1) is 16.3 Å². The highest BCUT2D eigenvalue weighted by Crippen LogP contribution is 2.26. The van der Waals surface area contributed by atoms with Crippen molar-refractivity contribution in [1.82, 2.24) is 0 Å². The first kappa shape index (κ1) is 14.8. The van der Waals surface area contributed by atoms with Gasteiger partial charge >= 0.3 is 0 Å². The lowest BCUT2D eigenvalue weighted by Crippen LogP contribution is -2.15. The molecule has 0 spiro atoms. The summed E-state index contributed by atoms with van der Waals surface area (Å²) in [6, 6.07) is 10.3. The third kappa shape index (κ3) is 3.68. The van der Waals surface area contributed by atoms with Gasteiger partial charge in [0, 0.05) is 14.6 Å². The fraction of sp³-hybridized carbons (Fsp3) is 0.200. The molecule has 1 nitrogen and oxygen atoms in total. The molecule has 2 aromatic carbocycles. The second-order valence-electron chi connectivity index (χ2n) is 4.55. The minimum absolute atomic E-state index is 0.189. The van der Waals surface area contributed by atoms with E-state index >= 15 is 0 Å². The van der Waals surface area contributed by atoms with E-state index in [0.29, 0.717) is 11.4 Å². The topological polar surface area (TPSA) is 26.0 Å². The molecule has 0 aliphatic heterocycles. The molecule has 100 valence electrons. The van der Waals surface area contributed by atoms with Gasteiger partial charge in [-0.05, 0) is 83.0 Å². The van der Waals surface area contributed by atoms with E-state index in [1.54, 1.807) is 12.1 Å². The monoisotopic (exact) mass is 389 g/mol. The Labute approximate surface area is 131 Å². The molecule has 0 saturated heterocycles. The first-order valence-electron chi connectivity index (χ1n) is 5.93. The molecule has 0 aromatic heterocycles. The van der Waals surface area contributed by atoms with E-state index in [1.165, 1.54) is 6.07 Å². The molecule has 1 atom stereocenters. The third-order valence-corrected chi connectivity index (χ3v) is 4.33. The van der Waals surface area contributed by atoms with Crippen molar-refractivity contribution in [2.24, 2.45) is 5.73 Å². The summed E-state index contributed by atoms with van der Waals surface area (Å²) in [5.74, 6) is -0.228. The Morgan fingerprint density at radius 2 is 2.00 bits per heavy atom. The fourth-order valence-corrected chi connectivity index (χ4v) is 2.92. The summed E-state index contributed by atoms with van der Waals surface area (Å²) in [7, 11) is 0. The fourth-order valence-electron chi connectivity index (χ4n) is 2.01. The Balaban J connectivity index is 2.27. The van der Waals surface area contributed by atoms with Crippen molar-refractivity contribution in [1.29, 1.82) is 0 Å². The van der Waals surface area contributed by atoms with Crippen molar-refractivity contribution in [2.75, 3.05) is 0 Å². The van der Waals surface area contributed by atoms with Crippen LogP contribution in [0.25, 0.3) is 0 Å². The SMILES string of the molecule is Cc1ccc(F)cc1CC(N)c1cc(Cl)ccc1I. The Bertz CT molecular complexity index is 601. The van der Waals surface area contributed by atoms with Crippen molar-refractivity contribution in [3.8, 4) is 0 Å². The molecular weight excluding hydrogens is 376 g/mol. The van der Waals surface area contributed by atoms with E-state index in [0.717, 1.165) is 20.3 Å². The molecule has 0 fully saturated rings. The lowest BCUT2D eigenvalue weighted by atomic mass is 9.97. The highest BCUT2D eigenvalue weighted by molar-refractivity contribution is 14.1. The molecule has 0 radical (unpaired) electrons. The number of rotatable bonds is 3. The quantitative estimate of drug-likeness (QED) is 0.761. The lowest BCUT2D eigenvalue weighted by Gasteiger charge is -2.16. The number of hydrogen-bond donors (Lipinski definition) is 1. The van der Waals surface area contributed by atoms with Crippen molar-refractivity contribution in [2.45, 2.75) is 19.4 Å². The Kier molecular flexibility index (Phi) is 4.81. The van der Waals surface area contributed by atoms with Crippen LogP contribution in [0.1, 0.15) is 22.7 Å². The van der Waals surface area contributed by atoms with Gasteiger partial charge in [0.2, 0.25) is 0 Å². The molecule has 4 heteroatoms. The van der Waals surface area contributed by atoms with Gasteiger partial charge in [0.15, 0.2) is 0 Å². The van der Waals surface area contributed by atoms with E-state index < -0.39 is 0 Å². The van der Waals surface area contributed by atoms with Crippen LogP contribution >= 0.6 is 34.2 Å². The third-order valence-electron chi connectivity index (χ3n) is 3.11. The van der Waals surface area contributed by atoms with Crippen molar-refractivity contribution in [3.63, 3.8) is 0 Å². The standard InChI is InChI=1S/C15H14ClFIN/c1-9-2-4-12(17)6-10(9)7-15(19)13-8-11(16)3-5-14(13)18/h2-6,8,15H,7,19H2,1H3. The Morgan fingerprint density at radius 1 is 1.26 bits per heavy atom. The summed E-state index contributed by atoms with van der Waals surface area (Å²) in [4.78, 5) is 0. The maximum Gasteiger partial charge on any atom is 0.123 e. The van der Waals surface area contributed by atoms with Crippen LogP contribution in [0.15, 0.2) is 36.4 Å². The normalized spacial score (nSPS) is 12.5. The van der Waals surface area contributed by atoms with Crippen LogP contribution in [-0.2, 0) is 6.42 Å². The largest absolute Gasteiger partial charge is 0.324 e. The van der Waals surface area contributed by atoms with Crippen molar-refractivity contribution < 1.29 is 4.39 Å². The second-order valence-corrected chi connectivity index (χ2v) is 6.15. The molecule has 0 heterocycles. The molecule has 2 N–H and O–H groups in total. The molecule has 2 rings (SSSR count). The summed E-state index contributed by atoms with van der Waals surface area (Å²) in [6.07, 6.45) is 0.597. The molecule has 0 saturated carbocycles. The van der Waals surface area contributed by atoms with Crippen LogP contribution < -0.4 is 5.73 Å². The minimum Gasteiger partial charge on any atom is -0.324 e. The van der Waals surface area contributed by atoms with E-state index in [2.05, 4.69) is 22.6 Å². The van der Waals surface area contributed by atoms with Gasteiger partial charge in [-0.3, -0.25) is 0 Å². The van der Waals surface area contributed by atoms with Crippen molar-refractivity contribution >= 4 is 34.2 Å². The number of nitrogens with two attached hydrogens (primary N) is 1. The van der Waals surface area contributed by atoms with Crippen LogP contribution in [-0.4, -0.2) is 0 Å². The second kappa shape index (κ2) is 6.20. The smallest absolute Gasteiger partial charge is 0.123 e. The predicted molar refractivity (Wildman–Crippen MR) is 85.9 cm³/mol. The first-order valence-corrected chi connectivity index (χ1v) is 7.38. The summed E-state index contributed by atoms with van der Waals surface area (Å²) in [5.41, 5.74) is 9.21. The predicted octanol–water partition coefficient (Wildman–Crippen LogP) is 4.63. The van der Waals surface area contributed by atoms with E-state index in [1.807, 2.05) is 25.1 Å². The highest BCUT2D eigenvalue weighted by atomic mass is 127. The van der Waals surface area contributed by atoms with Gasteiger partial charge in [0.05, 0.1) is 0 Å². The van der Waals surface area contributed by atoms with Gasteiger partial charge in [0.1, 0.15) is 5.82 Å². The summed E-state index contributed by atoms with van der Waals surface area (Å²) in [6.45, 7) is 1.96. The zero-order valence-corrected chi connectivity index (χ0v) is 13.4. The van der Waals surface area contributed by atoms with Gasteiger partial charge < -0.3 is 5.73 Å². The van der Waals surface area contributed by atoms with Crippen LogP contribution in [0.2, 0.25) is 5.02 Å². The first-order chi connectivity index (χ1) is 8.97. The molecule has 0 aliphatic carbocycles. The van der Waals surface area contributed by atoms with Gasteiger partial charge in [-0.2, -0.15) is 0 Å². The molecule has 0 bridgehead atoms. The van der Waals surface area contributed by atoms with Gasteiger partial charge in [-0.15, -0.1) is 0 Å². The zero-order valence-electron chi connectivity index (χ0n) is 10.5. The van der Waals surface area contributed by atoms with E-state index in [-0.39, 0.29) is 11.9 Å². The van der Waals surface area contributed by atoms with Crippen LogP contribution in [0.3, 0.4) is 0 Å². The van der Waals surface area contributed by atoms with E-state index in [9.17, 15) is 4.39 Å². The van der Waals surface area contributed by atoms with E-state index in [4.69, 9.17) is 17.3 Å². The maximum atomic E-state index is 13.3.